The molecule has 4 aromatic rings. The minimum Gasteiger partial charge on any atom is -0.473 e. The van der Waals surface area contributed by atoms with Crippen LogP contribution in [0, 0.1) is 17.1 Å². The number of methoxy groups -OCH3 is 2. The third kappa shape index (κ3) is 6.67. The van der Waals surface area contributed by atoms with Crippen LogP contribution in [0.15, 0.2) is 48.5 Å². The topological polar surface area (TPSA) is 115 Å². The van der Waals surface area contributed by atoms with Crippen LogP contribution in [0.2, 0.25) is 0 Å². The second kappa shape index (κ2) is 13.8. The van der Waals surface area contributed by atoms with E-state index in [2.05, 4.69) is 21.3 Å². The number of rotatable bonds is 11. The lowest BCUT2D eigenvalue weighted by molar-refractivity contribution is -0.0594. The Bertz CT molecular complexity index is 1760. The first-order chi connectivity index (χ1) is 22.4. The van der Waals surface area contributed by atoms with E-state index in [1.165, 1.54) is 13.2 Å². The number of nitrogens with zero attached hydrogens (tertiary/aromatic N) is 6. The van der Waals surface area contributed by atoms with Gasteiger partial charge in [0.25, 0.3) is 0 Å². The molecule has 0 aliphatic carbocycles. The Morgan fingerprint density at radius 2 is 1.89 bits per heavy atom. The maximum atomic E-state index is 14.5. The van der Waals surface area contributed by atoms with Gasteiger partial charge in [-0.1, -0.05) is 6.07 Å². The zero-order valence-electron chi connectivity index (χ0n) is 26.2. The summed E-state index contributed by atoms with van der Waals surface area (Å²) in [6.45, 7) is 6.99. The van der Waals surface area contributed by atoms with Crippen molar-refractivity contribution in [2.45, 2.75) is 45.2 Å². The number of ether oxygens (including phenoxy) is 4. The van der Waals surface area contributed by atoms with Crippen molar-refractivity contribution in [1.29, 1.82) is 5.26 Å². The summed E-state index contributed by atoms with van der Waals surface area (Å²) in [6, 6.07) is 15.6. The van der Waals surface area contributed by atoms with Crippen molar-refractivity contribution in [1.82, 2.24) is 19.4 Å². The summed E-state index contributed by atoms with van der Waals surface area (Å²) in [5.74, 6) is 1.21. The van der Waals surface area contributed by atoms with Crippen LogP contribution in [0.1, 0.15) is 52.3 Å². The van der Waals surface area contributed by atoms with Gasteiger partial charge in [-0.3, -0.25) is 4.90 Å². The van der Waals surface area contributed by atoms with E-state index in [-0.39, 0.29) is 30.3 Å². The zero-order valence-corrected chi connectivity index (χ0v) is 26.2. The molecule has 0 N–H and O–H groups in total. The number of halogens is 1. The van der Waals surface area contributed by atoms with Gasteiger partial charge < -0.3 is 28.4 Å². The molecule has 0 radical (unpaired) electrons. The van der Waals surface area contributed by atoms with Crippen LogP contribution in [0.5, 0.6) is 5.88 Å². The maximum absolute atomic E-state index is 14.5. The largest absolute Gasteiger partial charge is 0.473 e. The Morgan fingerprint density at radius 1 is 1.09 bits per heavy atom. The maximum Gasteiger partial charge on any atom is 0.337 e. The number of carbonyl (C=O) groups is 1. The number of imidazole rings is 1. The molecule has 11 nitrogen and oxygen atoms in total. The van der Waals surface area contributed by atoms with E-state index in [9.17, 15) is 9.18 Å². The average molecular weight is 629 g/mol. The molecule has 0 spiro atoms. The summed E-state index contributed by atoms with van der Waals surface area (Å²) in [4.78, 5) is 26.7. The Kier molecular flexibility index (Phi) is 9.44. The number of esters is 1. The molecule has 2 saturated heterocycles. The second-order valence-electron chi connectivity index (χ2n) is 11.6. The van der Waals surface area contributed by atoms with Gasteiger partial charge in [-0.05, 0) is 55.3 Å². The number of fused-ring (bicyclic) bond motifs is 1. The predicted octanol–water partition coefficient (Wildman–Crippen LogP) is 4.63. The zero-order chi connectivity index (χ0) is 32.2. The third-order valence-electron chi connectivity index (χ3n) is 8.65. The summed E-state index contributed by atoms with van der Waals surface area (Å²) in [6.07, 6.45) is 1.11. The van der Waals surface area contributed by atoms with Crippen molar-refractivity contribution in [3.63, 3.8) is 0 Å². The van der Waals surface area contributed by atoms with E-state index in [1.807, 2.05) is 24.3 Å². The molecule has 4 heterocycles. The highest BCUT2D eigenvalue weighted by Crippen LogP contribution is 2.30. The fraction of sp³-hybridized carbons (Fsp3) is 0.412. The number of pyridine rings is 1. The molecule has 0 saturated carbocycles. The molecule has 46 heavy (non-hydrogen) atoms. The Balaban J connectivity index is 1.18. The highest BCUT2D eigenvalue weighted by Gasteiger charge is 2.29. The monoisotopic (exact) mass is 628 g/mol. The Hall–Kier alpha value is -4.57. The number of piperazine rings is 1. The molecule has 0 amide bonds. The minimum absolute atomic E-state index is 0.0142. The molecule has 12 heteroatoms. The van der Waals surface area contributed by atoms with Crippen LogP contribution in [-0.4, -0.2) is 78.5 Å². The van der Waals surface area contributed by atoms with Crippen LogP contribution in [0.25, 0.3) is 11.0 Å². The van der Waals surface area contributed by atoms with E-state index in [0.29, 0.717) is 30.2 Å². The number of hydrogen-bond acceptors (Lipinski definition) is 10. The molecule has 2 fully saturated rings. The molecular weight excluding hydrogens is 591 g/mol. The first-order valence-corrected chi connectivity index (χ1v) is 15.4. The summed E-state index contributed by atoms with van der Waals surface area (Å²) >= 11 is 0. The molecule has 2 aliphatic rings. The van der Waals surface area contributed by atoms with Gasteiger partial charge in [0.2, 0.25) is 5.88 Å². The van der Waals surface area contributed by atoms with Gasteiger partial charge in [0.05, 0.1) is 60.6 Å². The third-order valence-corrected chi connectivity index (χ3v) is 8.65. The van der Waals surface area contributed by atoms with E-state index in [0.717, 1.165) is 67.4 Å². The second-order valence-corrected chi connectivity index (χ2v) is 11.6. The first-order valence-electron chi connectivity index (χ1n) is 15.4. The standard InChI is InChI=1S/C34H37FN6O5/c1-22(33-37-29-7-6-25(34(42)44-3)17-30(29)41(33)19-27-8-13-45-27)39-9-11-40(12-10-39)31-15-24(20-43-2)16-32(38-31)46-21-26-5-4-23(18-36)14-28(26)35/h4-7,14-17,22,27H,8-13,19-21H2,1-3H3/t22-,27?/m0/s1. The molecule has 2 aromatic heterocycles. The van der Waals surface area contributed by atoms with Gasteiger partial charge in [0, 0.05) is 51.5 Å². The SMILES string of the molecule is COCc1cc(OCc2ccc(C#N)cc2F)nc(N2CCN([C@@H](C)c3nc4ccc(C(=O)OC)cc4n3CC3CCO3)CC2)c1. The van der Waals surface area contributed by atoms with E-state index >= 15 is 0 Å². The van der Waals surface area contributed by atoms with Gasteiger partial charge in [0.1, 0.15) is 24.1 Å². The van der Waals surface area contributed by atoms with Gasteiger partial charge in [0.15, 0.2) is 0 Å². The molecule has 240 valence electrons. The van der Waals surface area contributed by atoms with Crippen LogP contribution < -0.4 is 9.64 Å². The van der Waals surface area contributed by atoms with Crippen LogP contribution >= 0.6 is 0 Å². The van der Waals surface area contributed by atoms with Crippen molar-refractivity contribution in [2.75, 3.05) is 51.9 Å². The lowest BCUT2D eigenvalue weighted by atomic mass is 10.1. The fourth-order valence-corrected chi connectivity index (χ4v) is 5.95. The van der Waals surface area contributed by atoms with Gasteiger partial charge in [-0.2, -0.15) is 10.2 Å². The number of benzene rings is 2. The summed E-state index contributed by atoms with van der Waals surface area (Å²) in [7, 11) is 3.02. The van der Waals surface area contributed by atoms with Crippen LogP contribution in [0.3, 0.4) is 0 Å². The van der Waals surface area contributed by atoms with E-state index < -0.39 is 5.82 Å². The lowest BCUT2D eigenvalue weighted by Crippen LogP contribution is -2.48. The fourth-order valence-electron chi connectivity index (χ4n) is 5.95. The average Bonchev–Trinajstić information content (AvgIpc) is 3.42. The van der Waals surface area contributed by atoms with Gasteiger partial charge in [-0.25, -0.2) is 14.2 Å². The molecule has 2 aliphatic heterocycles. The molecule has 0 bridgehead atoms. The van der Waals surface area contributed by atoms with Crippen molar-refractivity contribution in [3.05, 3.63) is 82.4 Å². The van der Waals surface area contributed by atoms with Crippen LogP contribution in [-0.2, 0) is 34.0 Å². The Labute approximate surface area is 267 Å². The van der Waals surface area contributed by atoms with E-state index in [4.69, 9.17) is 34.2 Å². The lowest BCUT2D eigenvalue weighted by Gasteiger charge is -2.39. The molecule has 2 aromatic carbocycles. The quantitative estimate of drug-likeness (QED) is 0.218. The number of aromatic nitrogens is 3. The number of nitriles is 1. The van der Waals surface area contributed by atoms with Gasteiger partial charge in [-0.15, -0.1) is 0 Å². The minimum atomic E-state index is -0.491. The highest BCUT2D eigenvalue weighted by molar-refractivity contribution is 5.93. The smallest absolute Gasteiger partial charge is 0.337 e. The highest BCUT2D eigenvalue weighted by atomic mass is 19.1. The molecule has 1 unspecified atom stereocenters. The molecular formula is C34H37FN6O5. The van der Waals surface area contributed by atoms with Crippen LogP contribution in [0.4, 0.5) is 10.2 Å². The number of carbonyl (C=O) groups excluding carboxylic acids is 1. The molecule has 2 atom stereocenters. The van der Waals surface area contributed by atoms with Crippen molar-refractivity contribution in [2.24, 2.45) is 0 Å². The van der Waals surface area contributed by atoms with Gasteiger partial charge >= 0.3 is 5.97 Å². The predicted molar refractivity (Wildman–Crippen MR) is 168 cm³/mol. The summed E-state index contributed by atoms with van der Waals surface area (Å²) in [5, 5.41) is 9.02. The summed E-state index contributed by atoms with van der Waals surface area (Å²) < 4.78 is 38.7. The van der Waals surface area contributed by atoms with E-state index in [1.54, 1.807) is 31.4 Å². The number of anilines is 1. The first kappa shape index (κ1) is 31.4. The number of hydrogen-bond donors (Lipinski definition) is 0. The van der Waals surface area contributed by atoms with Crippen molar-refractivity contribution in [3.8, 4) is 11.9 Å². The Morgan fingerprint density at radius 3 is 2.57 bits per heavy atom. The van der Waals surface area contributed by atoms with Crippen molar-refractivity contribution >= 4 is 22.8 Å². The molecule has 6 rings (SSSR count). The summed E-state index contributed by atoms with van der Waals surface area (Å²) in [5.41, 5.74) is 3.73. The van der Waals surface area contributed by atoms with Crippen molar-refractivity contribution < 1.29 is 28.1 Å². The normalized spacial score (nSPS) is 17.4.